The molecule has 23 heavy (non-hydrogen) atoms. The standard InChI is InChI=1S/C19H16ClNO2/c1-11-8-12(2)18-15(9-11)16(19(20)22)10-17(21-18)13-4-6-14(23-3)7-5-13/h4-10H,1-3H3. The fourth-order valence-electron chi connectivity index (χ4n) is 2.75. The maximum Gasteiger partial charge on any atom is 0.253 e. The highest BCUT2D eigenvalue weighted by atomic mass is 35.5. The second kappa shape index (κ2) is 6.01. The first-order chi connectivity index (χ1) is 11.0. The van der Waals surface area contributed by atoms with E-state index in [2.05, 4.69) is 6.07 Å². The van der Waals surface area contributed by atoms with E-state index >= 15 is 0 Å². The molecular weight excluding hydrogens is 310 g/mol. The number of carbonyl (C=O) groups excluding carboxylic acids is 1. The number of pyridine rings is 1. The molecule has 0 aliphatic rings. The number of hydrogen-bond donors (Lipinski definition) is 0. The van der Waals surface area contributed by atoms with E-state index < -0.39 is 5.24 Å². The van der Waals surface area contributed by atoms with Gasteiger partial charge in [0, 0.05) is 16.5 Å². The van der Waals surface area contributed by atoms with Crippen molar-refractivity contribution in [2.24, 2.45) is 0 Å². The maximum absolute atomic E-state index is 11.9. The van der Waals surface area contributed by atoms with E-state index in [-0.39, 0.29) is 0 Å². The molecule has 4 heteroatoms. The molecular formula is C19H16ClNO2. The Hall–Kier alpha value is -2.39. The average molecular weight is 326 g/mol. The molecule has 3 rings (SSSR count). The van der Waals surface area contributed by atoms with E-state index in [1.54, 1.807) is 13.2 Å². The molecule has 3 aromatic rings. The zero-order valence-corrected chi connectivity index (χ0v) is 13.9. The van der Waals surface area contributed by atoms with Gasteiger partial charge in [0.05, 0.1) is 18.3 Å². The highest BCUT2D eigenvalue weighted by Crippen LogP contribution is 2.29. The summed E-state index contributed by atoms with van der Waals surface area (Å²) in [5, 5.41) is 0.317. The Morgan fingerprint density at radius 1 is 1.09 bits per heavy atom. The van der Waals surface area contributed by atoms with Crippen LogP contribution in [-0.2, 0) is 0 Å². The molecule has 0 N–H and O–H groups in total. The van der Waals surface area contributed by atoms with Crippen LogP contribution in [0, 0.1) is 13.8 Å². The van der Waals surface area contributed by atoms with Crippen LogP contribution in [-0.4, -0.2) is 17.3 Å². The number of carbonyl (C=O) groups is 1. The maximum atomic E-state index is 11.9. The van der Waals surface area contributed by atoms with Crippen molar-refractivity contribution in [1.82, 2.24) is 4.98 Å². The number of ether oxygens (including phenoxy) is 1. The number of fused-ring (bicyclic) bond motifs is 1. The van der Waals surface area contributed by atoms with Crippen LogP contribution in [0.1, 0.15) is 21.5 Å². The van der Waals surface area contributed by atoms with Crippen molar-refractivity contribution < 1.29 is 9.53 Å². The summed E-state index contributed by atoms with van der Waals surface area (Å²) in [5.41, 5.74) is 5.01. The third kappa shape index (κ3) is 2.92. The molecule has 0 fully saturated rings. The van der Waals surface area contributed by atoms with Gasteiger partial charge in [0.15, 0.2) is 0 Å². The molecule has 0 atom stereocenters. The Morgan fingerprint density at radius 2 is 1.78 bits per heavy atom. The number of hydrogen-bond acceptors (Lipinski definition) is 3. The van der Waals surface area contributed by atoms with Crippen LogP contribution < -0.4 is 4.74 Å². The zero-order valence-electron chi connectivity index (χ0n) is 13.2. The van der Waals surface area contributed by atoms with Crippen molar-refractivity contribution >= 4 is 27.7 Å². The summed E-state index contributed by atoms with van der Waals surface area (Å²) in [6, 6.07) is 13.3. The Bertz CT molecular complexity index is 901. The topological polar surface area (TPSA) is 39.2 Å². The molecule has 3 nitrogen and oxygen atoms in total. The van der Waals surface area contributed by atoms with Crippen LogP contribution in [0.25, 0.3) is 22.2 Å². The molecule has 0 spiro atoms. The third-order valence-corrected chi connectivity index (χ3v) is 4.05. The molecule has 1 aromatic heterocycles. The number of benzene rings is 2. The Labute approximate surface area is 139 Å². The molecule has 0 bridgehead atoms. The van der Waals surface area contributed by atoms with Crippen molar-refractivity contribution in [2.75, 3.05) is 7.11 Å². The Kier molecular flexibility index (Phi) is 4.05. The lowest BCUT2D eigenvalue weighted by Crippen LogP contribution is -1.98. The minimum Gasteiger partial charge on any atom is -0.497 e. The monoisotopic (exact) mass is 325 g/mol. The Morgan fingerprint density at radius 3 is 2.39 bits per heavy atom. The van der Waals surface area contributed by atoms with Gasteiger partial charge in [-0.05, 0) is 67.4 Å². The number of rotatable bonds is 3. The molecule has 116 valence electrons. The molecule has 0 aliphatic heterocycles. The third-order valence-electron chi connectivity index (χ3n) is 3.85. The SMILES string of the molecule is COc1ccc(-c2cc(C(=O)Cl)c3cc(C)cc(C)c3n2)cc1. The summed E-state index contributed by atoms with van der Waals surface area (Å²) < 4.78 is 5.17. The summed E-state index contributed by atoms with van der Waals surface area (Å²) in [7, 11) is 1.62. The second-order valence-corrected chi connectivity index (χ2v) is 5.88. The normalized spacial score (nSPS) is 10.8. The molecule has 0 unspecified atom stereocenters. The summed E-state index contributed by atoms with van der Waals surface area (Å²) in [6.45, 7) is 3.98. The van der Waals surface area contributed by atoms with Gasteiger partial charge < -0.3 is 4.74 Å². The van der Waals surface area contributed by atoms with Gasteiger partial charge in [-0.2, -0.15) is 0 Å². The highest BCUT2D eigenvalue weighted by molar-refractivity contribution is 6.68. The van der Waals surface area contributed by atoms with Gasteiger partial charge in [0.1, 0.15) is 5.75 Å². The van der Waals surface area contributed by atoms with Crippen molar-refractivity contribution in [3.8, 4) is 17.0 Å². The van der Waals surface area contributed by atoms with Crippen LogP contribution >= 0.6 is 11.6 Å². The van der Waals surface area contributed by atoms with Gasteiger partial charge in [0.25, 0.3) is 5.24 Å². The first-order valence-electron chi connectivity index (χ1n) is 7.26. The molecule has 2 aromatic carbocycles. The predicted molar refractivity (Wildman–Crippen MR) is 93.4 cm³/mol. The lowest BCUT2D eigenvalue weighted by atomic mass is 10.0. The van der Waals surface area contributed by atoms with E-state index in [1.165, 1.54) is 0 Å². The Balaban J connectivity index is 2.27. The van der Waals surface area contributed by atoms with Gasteiger partial charge in [-0.25, -0.2) is 4.98 Å². The van der Waals surface area contributed by atoms with Crippen LogP contribution in [0.15, 0.2) is 42.5 Å². The number of halogens is 1. The number of nitrogens with zero attached hydrogens (tertiary/aromatic N) is 1. The van der Waals surface area contributed by atoms with Gasteiger partial charge in [0.2, 0.25) is 0 Å². The first kappa shape index (κ1) is 15.5. The van der Waals surface area contributed by atoms with Gasteiger partial charge >= 0.3 is 0 Å². The van der Waals surface area contributed by atoms with E-state index in [4.69, 9.17) is 21.3 Å². The molecule has 0 saturated heterocycles. The fraction of sp³-hybridized carbons (Fsp3) is 0.158. The minimum atomic E-state index is -0.475. The largest absolute Gasteiger partial charge is 0.497 e. The lowest BCUT2D eigenvalue weighted by Gasteiger charge is -2.11. The van der Waals surface area contributed by atoms with Crippen LogP contribution in [0.2, 0.25) is 0 Å². The van der Waals surface area contributed by atoms with Crippen molar-refractivity contribution in [1.29, 1.82) is 0 Å². The molecule has 0 radical (unpaired) electrons. The number of aromatic nitrogens is 1. The second-order valence-electron chi connectivity index (χ2n) is 5.54. The van der Waals surface area contributed by atoms with Crippen LogP contribution in [0.3, 0.4) is 0 Å². The molecule has 0 aliphatic carbocycles. The summed E-state index contributed by atoms with van der Waals surface area (Å²) in [5.74, 6) is 0.773. The molecule has 1 heterocycles. The van der Waals surface area contributed by atoms with Crippen molar-refractivity contribution in [3.05, 3.63) is 59.2 Å². The highest BCUT2D eigenvalue weighted by Gasteiger charge is 2.14. The number of methoxy groups -OCH3 is 1. The smallest absolute Gasteiger partial charge is 0.253 e. The quantitative estimate of drug-likeness (QED) is 0.642. The van der Waals surface area contributed by atoms with Gasteiger partial charge in [-0.1, -0.05) is 11.6 Å². The van der Waals surface area contributed by atoms with Crippen LogP contribution in [0.4, 0.5) is 0 Å². The van der Waals surface area contributed by atoms with Gasteiger partial charge in [-0.3, -0.25) is 4.79 Å². The van der Waals surface area contributed by atoms with E-state index in [0.717, 1.165) is 39.0 Å². The van der Waals surface area contributed by atoms with Crippen molar-refractivity contribution in [2.45, 2.75) is 13.8 Å². The minimum absolute atomic E-state index is 0.475. The lowest BCUT2D eigenvalue weighted by molar-refractivity contribution is 0.108. The zero-order chi connectivity index (χ0) is 16.6. The van der Waals surface area contributed by atoms with E-state index in [9.17, 15) is 4.79 Å². The van der Waals surface area contributed by atoms with Gasteiger partial charge in [-0.15, -0.1) is 0 Å². The predicted octanol–water partition coefficient (Wildman–Crippen LogP) is 4.91. The number of aryl methyl sites for hydroxylation is 2. The van der Waals surface area contributed by atoms with E-state index in [0.29, 0.717) is 5.56 Å². The fourth-order valence-corrected chi connectivity index (χ4v) is 2.91. The van der Waals surface area contributed by atoms with Crippen LogP contribution in [0.5, 0.6) is 5.75 Å². The first-order valence-corrected chi connectivity index (χ1v) is 7.63. The summed E-state index contributed by atoms with van der Waals surface area (Å²) in [4.78, 5) is 16.6. The average Bonchev–Trinajstić information content (AvgIpc) is 2.54. The molecule has 0 amide bonds. The van der Waals surface area contributed by atoms with E-state index in [1.807, 2.05) is 44.2 Å². The van der Waals surface area contributed by atoms with Crippen molar-refractivity contribution in [3.63, 3.8) is 0 Å². The molecule has 0 saturated carbocycles. The summed E-state index contributed by atoms with van der Waals surface area (Å²) >= 11 is 5.81. The summed E-state index contributed by atoms with van der Waals surface area (Å²) in [6.07, 6.45) is 0.